The second-order valence-electron chi connectivity index (χ2n) is 3.13. The molecule has 2 aromatic carbocycles. The van der Waals surface area contributed by atoms with E-state index in [2.05, 4.69) is 6.07 Å². The predicted molar refractivity (Wildman–Crippen MR) is 66.0 cm³/mol. The molecule has 3 heteroatoms. The van der Waals surface area contributed by atoms with Crippen molar-refractivity contribution in [2.45, 2.75) is 9.79 Å². The lowest BCUT2D eigenvalue weighted by atomic mass is 10.2. The number of benzene rings is 2. The maximum atomic E-state index is 11.0. The topological polar surface area (TPSA) is 17.1 Å². The van der Waals surface area contributed by atoms with Crippen LogP contribution >= 0.6 is 23.4 Å². The number of hydrogen-bond donors (Lipinski definition) is 0. The van der Waals surface area contributed by atoms with Crippen molar-refractivity contribution in [2.24, 2.45) is 0 Å². The van der Waals surface area contributed by atoms with Gasteiger partial charge in [-0.1, -0.05) is 36.0 Å². The fraction of sp³-hybridized carbons (Fsp3) is 0. The first-order valence-electron chi connectivity index (χ1n) is 4.70. The zero-order chi connectivity index (χ0) is 11.4. The molecule has 0 saturated heterocycles. The molecule has 0 spiro atoms. The zero-order valence-electron chi connectivity index (χ0n) is 8.31. The number of halogens is 1. The van der Waals surface area contributed by atoms with Crippen molar-refractivity contribution in [1.82, 2.24) is 0 Å². The highest BCUT2D eigenvalue weighted by atomic mass is 35.5. The van der Waals surface area contributed by atoms with Gasteiger partial charge < -0.3 is 0 Å². The van der Waals surface area contributed by atoms with Gasteiger partial charge in [-0.05, 0) is 41.9 Å². The molecule has 79 valence electrons. The minimum absolute atomic E-state index is 0.441. The fourth-order valence-corrected chi connectivity index (χ4v) is 2.22. The normalized spacial score (nSPS) is 10.1. The molecule has 0 heterocycles. The van der Waals surface area contributed by atoms with Gasteiger partial charge in [0.05, 0.1) is 0 Å². The molecule has 0 aliphatic heterocycles. The van der Waals surface area contributed by atoms with E-state index in [0.717, 1.165) is 9.79 Å². The molecule has 0 bridgehead atoms. The SMILES string of the molecule is O=C(Cl)c1cc[c]c(Sc2ccccc2)c1. The molecule has 1 nitrogen and oxygen atoms in total. The first-order chi connectivity index (χ1) is 7.75. The molecule has 0 fully saturated rings. The van der Waals surface area contributed by atoms with Gasteiger partial charge in [-0.2, -0.15) is 0 Å². The summed E-state index contributed by atoms with van der Waals surface area (Å²) in [7, 11) is 0. The van der Waals surface area contributed by atoms with Crippen LogP contribution in [0.25, 0.3) is 0 Å². The van der Waals surface area contributed by atoms with E-state index in [0.29, 0.717) is 5.56 Å². The Kier molecular flexibility index (Phi) is 3.65. The molecular formula is C13H8ClOS. The van der Waals surface area contributed by atoms with E-state index in [1.807, 2.05) is 30.3 Å². The predicted octanol–water partition coefficient (Wildman–Crippen LogP) is 4.02. The monoisotopic (exact) mass is 247 g/mol. The molecule has 0 atom stereocenters. The first kappa shape index (κ1) is 11.2. The molecule has 0 unspecified atom stereocenters. The molecule has 1 radical (unpaired) electrons. The smallest absolute Gasteiger partial charge is 0.252 e. The molecular weight excluding hydrogens is 240 g/mol. The maximum Gasteiger partial charge on any atom is 0.252 e. The van der Waals surface area contributed by atoms with Crippen LogP contribution in [0.4, 0.5) is 0 Å². The summed E-state index contributed by atoms with van der Waals surface area (Å²) in [5, 5.41) is -0.441. The van der Waals surface area contributed by atoms with Crippen LogP contribution in [0.5, 0.6) is 0 Å². The number of hydrogen-bond acceptors (Lipinski definition) is 2. The van der Waals surface area contributed by atoms with Crippen LogP contribution in [-0.2, 0) is 0 Å². The Morgan fingerprint density at radius 3 is 2.62 bits per heavy atom. The van der Waals surface area contributed by atoms with Crippen LogP contribution in [-0.4, -0.2) is 5.24 Å². The van der Waals surface area contributed by atoms with Crippen molar-refractivity contribution >= 4 is 28.6 Å². The Morgan fingerprint density at radius 1 is 1.19 bits per heavy atom. The second kappa shape index (κ2) is 5.19. The van der Waals surface area contributed by atoms with Gasteiger partial charge in [0.2, 0.25) is 0 Å². The lowest BCUT2D eigenvalue weighted by Gasteiger charge is -2.01. The van der Waals surface area contributed by atoms with Gasteiger partial charge in [-0.15, -0.1) is 0 Å². The van der Waals surface area contributed by atoms with Crippen molar-refractivity contribution in [3.63, 3.8) is 0 Å². The molecule has 0 aromatic heterocycles. The largest absolute Gasteiger partial charge is 0.276 e. The molecule has 2 aromatic rings. The Labute approximate surface area is 103 Å². The minimum atomic E-state index is -0.441. The summed E-state index contributed by atoms with van der Waals surface area (Å²) >= 11 is 6.97. The minimum Gasteiger partial charge on any atom is -0.276 e. The number of carbonyl (C=O) groups is 1. The van der Waals surface area contributed by atoms with E-state index in [9.17, 15) is 4.79 Å². The van der Waals surface area contributed by atoms with E-state index in [1.165, 1.54) is 0 Å². The van der Waals surface area contributed by atoms with Gasteiger partial charge in [-0.3, -0.25) is 4.79 Å². The lowest BCUT2D eigenvalue weighted by Crippen LogP contribution is -1.87. The van der Waals surface area contributed by atoms with E-state index < -0.39 is 5.24 Å². The Balaban J connectivity index is 2.22. The molecule has 2 rings (SSSR count). The van der Waals surface area contributed by atoms with Crippen molar-refractivity contribution < 1.29 is 4.79 Å². The molecule has 0 aliphatic rings. The van der Waals surface area contributed by atoms with Gasteiger partial charge in [0.1, 0.15) is 0 Å². The lowest BCUT2D eigenvalue weighted by molar-refractivity contribution is 0.108. The second-order valence-corrected chi connectivity index (χ2v) is 4.59. The van der Waals surface area contributed by atoms with Crippen LogP contribution in [0.15, 0.2) is 58.3 Å². The number of carbonyl (C=O) groups excluding carboxylic acids is 1. The summed E-state index contributed by atoms with van der Waals surface area (Å²) in [6, 6.07) is 18.1. The summed E-state index contributed by atoms with van der Waals surface area (Å²) in [4.78, 5) is 13.0. The quantitative estimate of drug-likeness (QED) is 0.762. The van der Waals surface area contributed by atoms with Gasteiger partial charge in [0.25, 0.3) is 5.24 Å². The highest BCUT2D eigenvalue weighted by Crippen LogP contribution is 2.27. The third kappa shape index (κ3) is 2.87. The van der Waals surface area contributed by atoms with Gasteiger partial charge in [0.15, 0.2) is 0 Å². The van der Waals surface area contributed by atoms with E-state index >= 15 is 0 Å². The van der Waals surface area contributed by atoms with Gasteiger partial charge >= 0.3 is 0 Å². The highest BCUT2D eigenvalue weighted by Gasteiger charge is 2.03. The van der Waals surface area contributed by atoms with Crippen molar-refractivity contribution in [3.8, 4) is 0 Å². The van der Waals surface area contributed by atoms with Crippen LogP contribution in [0, 0.1) is 6.07 Å². The van der Waals surface area contributed by atoms with E-state index in [4.69, 9.17) is 11.6 Å². The summed E-state index contributed by atoms with van der Waals surface area (Å²) in [5.41, 5.74) is 0.499. The van der Waals surface area contributed by atoms with Crippen molar-refractivity contribution in [1.29, 1.82) is 0 Å². The summed E-state index contributed by atoms with van der Waals surface area (Å²) in [6.07, 6.45) is 0. The Hall–Kier alpha value is -1.25. The highest BCUT2D eigenvalue weighted by molar-refractivity contribution is 7.99. The van der Waals surface area contributed by atoms with E-state index in [-0.39, 0.29) is 0 Å². The van der Waals surface area contributed by atoms with Crippen molar-refractivity contribution in [3.05, 3.63) is 60.2 Å². The van der Waals surface area contributed by atoms with Crippen molar-refractivity contribution in [2.75, 3.05) is 0 Å². The van der Waals surface area contributed by atoms with Crippen LogP contribution in [0.1, 0.15) is 10.4 Å². The molecule has 0 amide bonds. The van der Waals surface area contributed by atoms with Gasteiger partial charge in [-0.25, -0.2) is 0 Å². The molecule has 0 aliphatic carbocycles. The van der Waals surface area contributed by atoms with Crippen LogP contribution < -0.4 is 0 Å². The molecule has 16 heavy (non-hydrogen) atoms. The summed E-state index contributed by atoms with van der Waals surface area (Å²) in [6.45, 7) is 0. The molecule has 0 N–H and O–H groups in total. The van der Waals surface area contributed by atoms with Crippen LogP contribution in [0.2, 0.25) is 0 Å². The van der Waals surface area contributed by atoms with E-state index in [1.54, 1.807) is 30.0 Å². The third-order valence-corrected chi connectivity index (χ3v) is 3.15. The zero-order valence-corrected chi connectivity index (χ0v) is 9.89. The molecule has 0 saturated carbocycles. The summed E-state index contributed by atoms with van der Waals surface area (Å²) < 4.78 is 0. The summed E-state index contributed by atoms with van der Waals surface area (Å²) in [5.74, 6) is 0. The standard InChI is InChI=1S/C13H8ClOS/c14-13(15)10-5-4-8-12(9-10)16-11-6-2-1-3-7-11/h1-7,9H. The van der Waals surface area contributed by atoms with Crippen LogP contribution in [0.3, 0.4) is 0 Å². The van der Waals surface area contributed by atoms with Gasteiger partial charge in [0, 0.05) is 15.4 Å². The Morgan fingerprint density at radius 2 is 1.94 bits per heavy atom. The third-order valence-electron chi connectivity index (χ3n) is 1.97. The Bertz CT molecular complexity index is 496. The maximum absolute atomic E-state index is 11.0. The fourth-order valence-electron chi connectivity index (χ4n) is 1.24. The number of rotatable bonds is 3. The average molecular weight is 248 g/mol. The average Bonchev–Trinajstić information content (AvgIpc) is 2.30. The first-order valence-corrected chi connectivity index (χ1v) is 5.89.